The Morgan fingerprint density at radius 2 is 0.909 bits per heavy atom. The van der Waals surface area contributed by atoms with Gasteiger partial charge in [-0.25, -0.2) is 0 Å². The number of unbranched alkanes of at least 4 members (excludes halogenated alkanes) is 17. The molecule has 0 radical (unpaired) electrons. The summed E-state index contributed by atoms with van der Waals surface area (Å²) in [5, 5.41) is 0. The van der Waals surface area contributed by atoms with Gasteiger partial charge in [-0.2, -0.15) is 0 Å². The van der Waals surface area contributed by atoms with Crippen molar-refractivity contribution < 1.29 is 32.9 Å². The molecule has 1 saturated heterocycles. The zero-order valence-corrected chi connectivity index (χ0v) is 34.7. The van der Waals surface area contributed by atoms with Crippen molar-refractivity contribution in [1.82, 2.24) is 0 Å². The third kappa shape index (κ3) is 19.6. The molecule has 1 heterocycles. The minimum absolute atomic E-state index is 0.175. The van der Waals surface area contributed by atoms with Crippen molar-refractivity contribution in [1.29, 1.82) is 0 Å². The maximum absolute atomic E-state index is 13.5. The monoisotopic (exact) mass is 778 g/mol. The maximum Gasteiger partial charge on any atom is 0.330 e. The Kier molecular flexibility index (Phi) is 23.2. The molecule has 5 atom stereocenters. The summed E-state index contributed by atoms with van der Waals surface area (Å²) in [5.74, 6) is 0. The van der Waals surface area contributed by atoms with E-state index in [9.17, 15) is 9.46 Å². The van der Waals surface area contributed by atoms with Crippen molar-refractivity contribution in [3.63, 3.8) is 0 Å². The highest BCUT2D eigenvalue weighted by molar-refractivity contribution is 7.52. The second-order valence-corrected chi connectivity index (χ2v) is 17.3. The van der Waals surface area contributed by atoms with Crippen LogP contribution >= 0.6 is 7.60 Å². The summed E-state index contributed by atoms with van der Waals surface area (Å²) in [5.41, 5.74) is 3.09. The molecule has 0 bridgehead atoms. The predicted octanol–water partition coefficient (Wildman–Crippen LogP) is 12.4. The minimum atomic E-state index is -3.97. The van der Waals surface area contributed by atoms with Crippen LogP contribution in [0.3, 0.4) is 0 Å². The molecule has 1 fully saturated rings. The van der Waals surface area contributed by atoms with Crippen LogP contribution in [0.25, 0.3) is 0 Å². The number of rotatable bonds is 32. The Hall–Kier alpha value is -2.35. The second-order valence-electron chi connectivity index (χ2n) is 15.4. The molecular weight excluding hydrogens is 707 g/mol. The topological polar surface area (TPSA) is 83.5 Å². The van der Waals surface area contributed by atoms with Gasteiger partial charge in [0.25, 0.3) is 0 Å². The van der Waals surface area contributed by atoms with Gasteiger partial charge in [0.05, 0.1) is 45.3 Å². The third-order valence-electron chi connectivity index (χ3n) is 10.6. The first-order valence-corrected chi connectivity index (χ1v) is 23.3. The summed E-state index contributed by atoms with van der Waals surface area (Å²) in [6.07, 6.45) is 20.9. The van der Waals surface area contributed by atoms with Crippen molar-refractivity contribution >= 4 is 7.60 Å². The molecule has 0 aliphatic carbocycles. The molecule has 7 nitrogen and oxygen atoms in total. The highest BCUT2D eigenvalue weighted by Gasteiger charge is 2.49. The normalized spacial score (nSPS) is 19.5. The summed E-state index contributed by atoms with van der Waals surface area (Å²) in [7, 11) is -3.97. The van der Waals surface area contributed by atoms with E-state index in [0.717, 1.165) is 36.0 Å². The van der Waals surface area contributed by atoms with Crippen LogP contribution in [0.5, 0.6) is 0 Å². The third-order valence-corrected chi connectivity index (χ3v) is 12.0. The van der Waals surface area contributed by atoms with Crippen LogP contribution in [0.4, 0.5) is 0 Å². The first kappa shape index (κ1) is 45.4. The average molecular weight is 779 g/mol. The van der Waals surface area contributed by atoms with Crippen LogP contribution in [-0.4, -0.2) is 48.7 Å². The molecule has 55 heavy (non-hydrogen) atoms. The van der Waals surface area contributed by atoms with Crippen molar-refractivity contribution in [2.75, 3.05) is 19.4 Å². The van der Waals surface area contributed by atoms with Crippen LogP contribution in [-0.2, 0) is 47.9 Å². The van der Waals surface area contributed by atoms with Gasteiger partial charge in [-0.3, -0.25) is 4.57 Å². The van der Waals surface area contributed by atoms with E-state index in [1.54, 1.807) is 0 Å². The van der Waals surface area contributed by atoms with E-state index in [4.69, 9.17) is 23.5 Å². The van der Waals surface area contributed by atoms with E-state index in [-0.39, 0.29) is 19.4 Å². The van der Waals surface area contributed by atoms with Crippen LogP contribution in [0, 0.1) is 0 Å². The lowest BCUT2D eigenvalue weighted by Gasteiger charge is -2.26. The summed E-state index contributed by atoms with van der Waals surface area (Å²) in [4.78, 5) is 11.1. The molecule has 3 aromatic rings. The summed E-state index contributed by atoms with van der Waals surface area (Å²) in [6, 6.07) is 29.9. The Balaban J connectivity index is 1.18. The van der Waals surface area contributed by atoms with E-state index in [1.165, 1.54) is 96.3 Å². The highest BCUT2D eigenvalue weighted by Crippen LogP contribution is 2.46. The molecule has 8 heteroatoms. The van der Waals surface area contributed by atoms with E-state index >= 15 is 0 Å². The van der Waals surface area contributed by atoms with Gasteiger partial charge in [0.1, 0.15) is 18.3 Å². The molecule has 1 aliphatic rings. The molecule has 3 aromatic carbocycles. The van der Waals surface area contributed by atoms with Crippen LogP contribution in [0.1, 0.15) is 139 Å². The number of hydrogen-bond acceptors (Lipinski definition) is 6. The number of ether oxygens (including phenoxy) is 4. The fourth-order valence-electron chi connectivity index (χ4n) is 7.38. The summed E-state index contributed by atoms with van der Waals surface area (Å²) < 4.78 is 44.8. The van der Waals surface area contributed by atoms with Crippen molar-refractivity contribution in [2.45, 2.75) is 167 Å². The van der Waals surface area contributed by atoms with Gasteiger partial charge in [-0.15, -0.1) is 0 Å². The first-order valence-electron chi connectivity index (χ1n) is 21.6. The highest BCUT2D eigenvalue weighted by atomic mass is 31.2. The molecule has 4 rings (SSSR count). The lowest BCUT2D eigenvalue weighted by Crippen LogP contribution is -2.40. The largest absolute Gasteiger partial charge is 0.374 e. The maximum atomic E-state index is 13.5. The number of hydrogen-bond donors (Lipinski definition) is 1. The lowest BCUT2D eigenvalue weighted by molar-refractivity contribution is -0.0897. The quantitative estimate of drug-likeness (QED) is 0.0499. The summed E-state index contributed by atoms with van der Waals surface area (Å²) >= 11 is 0. The van der Waals surface area contributed by atoms with E-state index in [0.29, 0.717) is 19.8 Å². The zero-order chi connectivity index (χ0) is 38.7. The van der Waals surface area contributed by atoms with Gasteiger partial charge in [0.2, 0.25) is 0 Å². The second kappa shape index (κ2) is 28.1. The SMILES string of the molecule is CCCCCCCCCCCCCCCCCCCCOP(=O)(O)C[C@H]1O[C@H](COCc2ccccc2)[C@@H](OCc2ccccc2)[C@@H]1OCc1ccccc1. The smallest absolute Gasteiger partial charge is 0.330 e. The fourth-order valence-corrected chi connectivity index (χ4v) is 8.65. The fraction of sp³-hybridized carbons (Fsp3) is 0.617. The number of benzene rings is 3. The van der Waals surface area contributed by atoms with Gasteiger partial charge < -0.3 is 28.4 Å². The van der Waals surface area contributed by atoms with E-state index in [1.807, 2.05) is 91.0 Å². The molecule has 0 aromatic heterocycles. The van der Waals surface area contributed by atoms with E-state index < -0.39 is 32.0 Å². The Morgan fingerprint density at radius 1 is 0.527 bits per heavy atom. The van der Waals surface area contributed by atoms with Crippen molar-refractivity contribution in [3.8, 4) is 0 Å². The van der Waals surface area contributed by atoms with Gasteiger partial charge in [0.15, 0.2) is 0 Å². The standard InChI is InChI=1S/C47H71O7P/c1-2-3-4-5-6-7-8-9-10-11-12-13-14-15-16-17-18-28-35-53-55(48,49)40-45-47(52-38-43-33-26-21-27-34-43)46(51-37-42-31-24-20-25-32-42)44(54-45)39-50-36-41-29-22-19-23-30-41/h19-27,29-34,44-47H,2-18,28,35-40H2,1H3,(H,48,49)/t44-,45-,46-,47-/m1/s1. The molecule has 1 N–H and O–H groups in total. The first-order chi connectivity index (χ1) is 27.0. The lowest BCUT2D eigenvalue weighted by atomic mass is 10.0. The molecule has 0 amide bonds. The molecule has 1 aliphatic heterocycles. The molecule has 306 valence electrons. The van der Waals surface area contributed by atoms with Gasteiger partial charge in [-0.1, -0.05) is 207 Å². The predicted molar refractivity (Wildman–Crippen MR) is 224 cm³/mol. The minimum Gasteiger partial charge on any atom is -0.374 e. The molecule has 1 unspecified atom stereocenters. The molecule has 0 spiro atoms. The Labute approximate surface area is 333 Å². The van der Waals surface area contributed by atoms with Crippen molar-refractivity contribution in [3.05, 3.63) is 108 Å². The summed E-state index contributed by atoms with van der Waals surface area (Å²) in [6.45, 7) is 3.90. The van der Waals surface area contributed by atoms with E-state index in [2.05, 4.69) is 6.92 Å². The van der Waals surface area contributed by atoms with Crippen LogP contribution in [0.15, 0.2) is 91.0 Å². The molecular formula is C47H71O7P. The van der Waals surface area contributed by atoms with Gasteiger partial charge in [0, 0.05) is 0 Å². The zero-order valence-electron chi connectivity index (χ0n) is 33.8. The van der Waals surface area contributed by atoms with Gasteiger partial charge in [-0.05, 0) is 23.1 Å². The average Bonchev–Trinajstić information content (AvgIpc) is 3.52. The Morgan fingerprint density at radius 3 is 1.35 bits per heavy atom. The molecule has 0 saturated carbocycles. The van der Waals surface area contributed by atoms with Crippen molar-refractivity contribution in [2.24, 2.45) is 0 Å². The van der Waals surface area contributed by atoms with Crippen LogP contribution in [0.2, 0.25) is 0 Å². The van der Waals surface area contributed by atoms with Crippen LogP contribution < -0.4 is 0 Å². The van der Waals surface area contributed by atoms with Gasteiger partial charge >= 0.3 is 7.60 Å². The Bertz CT molecular complexity index is 1390.